The molecule has 2 amide bonds. The Hall–Kier alpha value is -3.36. The Balaban J connectivity index is 1.76. The van der Waals surface area contributed by atoms with Crippen LogP contribution < -0.4 is 10.0 Å². The molecule has 1 aliphatic heterocycles. The number of benzene rings is 1. The fourth-order valence-corrected chi connectivity index (χ4v) is 6.56. The number of carbonyl (C=O) groups is 2. The molecule has 1 aliphatic carbocycles. The summed E-state index contributed by atoms with van der Waals surface area (Å²) >= 11 is 0. The molecule has 44 heavy (non-hydrogen) atoms. The third kappa shape index (κ3) is 7.46. The van der Waals surface area contributed by atoms with Gasteiger partial charge in [-0.25, -0.2) is 17.5 Å². The van der Waals surface area contributed by atoms with Crippen molar-refractivity contribution in [3.05, 3.63) is 64.7 Å². The number of rotatable bonds is 11. The third-order valence-electron chi connectivity index (χ3n) is 7.55. The van der Waals surface area contributed by atoms with Gasteiger partial charge in [0.05, 0.1) is 5.25 Å². The van der Waals surface area contributed by atoms with E-state index >= 15 is 4.39 Å². The lowest BCUT2D eigenvalue weighted by Crippen LogP contribution is -2.60. The highest BCUT2D eigenvalue weighted by Gasteiger charge is 2.61. The summed E-state index contributed by atoms with van der Waals surface area (Å²) in [7, 11) is -4.18. The molecule has 2 heterocycles. The van der Waals surface area contributed by atoms with Crippen LogP contribution in [-0.4, -0.2) is 42.4 Å². The van der Waals surface area contributed by atoms with E-state index in [9.17, 15) is 44.3 Å². The minimum absolute atomic E-state index is 0.0158. The van der Waals surface area contributed by atoms with E-state index in [1.54, 1.807) is 14.6 Å². The topological polar surface area (TPSA) is 97.3 Å². The first-order chi connectivity index (χ1) is 20.3. The Morgan fingerprint density at radius 1 is 1.11 bits per heavy atom. The number of halogens is 7. The predicted octanol–water partition coefficient (Wildman–Crippen LogP) is 5.90. The second-order valence-electron chi connectivity index (χ2n) is 11.7. The van der Waals surface area contributed by atoms with Crippen LogP contribution in [0.3, 0.4) is 0 Å². The molecule has 7 nitrogen and oxygen atoms in total. The Morgan fingerprint density at radius 3 is 2.36 bits per heavy atom. The van der Waals surface area contributed by atoms with E-state index in [4.69, 9.17) is 0 Å². The molecule has 2 N–H and O–H groups in total. The molecular formula is C29H32F7N3O4S. The standard InChI is InChI=1S/C29H32F7N3O4S/c1-17(2)15-39-12-10-19(16-39)21-14-27(29(34,35)36,37-25(40)24(21)26(41)38-44(42,43)20-7-8-20)22-9-6-18(13-23(22)30)5-3-4-11-28(31,32)33/h6,9-10,12-13,16-17,20H,3-5,7-8,11,14-15H2,1-2H3,(H,37,40)(H,38,41). The summed E-state index contributed by atoms with van der Waals surface area (Å²) in [5.74, 6) is -4.16. The van der Waals surface area contributed by atoms with Gasteiger partial charge in [0.15, 0.2) is 5.54 Å². The second-order valence-corrected chi connectivity index (χ2v) is 13.7. The number of carbonyl (C=O) groups excluding carboxylic acids is 2. The van der Waals surface area contributed by atoms with Crippen LogP contribution in [0, 0.1) is 11.7 Å². The summed E-state index contributed by atoms with van der Waals surface area (Å²) in [6, 6.07) is 4.15. The molecule has 0 saturated heterocycles. The average Bonchev–Trinajstić information content (AvgIpc) is 3.65. The minimum Gasteiger partial charge on any atom is -0.353 e. The molecule has 1 aromatic carbocycles. The van der Waals surface area contributed by atoms with Gasteiger partial charge in [-0.15, -0.1) is 0 Å². The van der Waals surface area contributed by atoms with Gasteiger partial charge in [0.1, 0.15) is 11.4 Å². The Bertz CT molecular complexity index is 1560. The van der Waals surface area contributed by atoms with Crippen LogP contribution in [0.2, 0.25) is 0 Å². The Kier molecular flexibility index (Phi) is 9.30. The minimum atomic E-state index is -5.30. The number of nitrogens with one attached hydrogen (secondary N) is 2. The van der Waals surface area contributed by atoms with E-state index in [-0.39, 0.29) is 49.1 Å². The van der Waals surface area contributed by atoms with Gasteiger partial charge in [-0.2, -0.15) is 26.3 Å². The van der Waals surface area contributed by atoms with Crippen molar-refractivity contribution in [1.29, 1.82) is 0 Å². The van der Waals surface area contributed by atoms with Crippen LogP contribution in [0.1, 0.15) is 69.1 Å². The molecule has 242 valence electrons. The Morgan fingerprint density at radius 2 is 1.80 bits per heavy atom. The van der Waals surface area contributed by atoms with Crippen molar-refractivity contribution in [3.8, 4) is 0 Å². The highest BCUT2D eigenvalue weighted by atomic mass is 32.2. The van der Waals surface area contributed by atoms with Crippen molar-refractivity contribution in [2.45, 2.75) is 88.5 Å². The van der Waals surface area contributed by atoms with Gasteiger partial charge in [-0.3, -0.25) is 9.59 Å². The molecule has 2 aliphatic rings. The molecule has 4 rings (SSSR count). The molecule has 1 fully saturated rings. The van der Waals surface area contributed by atoms with Crippen LogP contribution >= 0.6 is 0 Å². The lowest BCUT2D eigenvalue weighted by Gasteiger charge is -2.41. The van der Waals surface area contributed by atoms with E-state index in [0.717, 1.165) is 18.2 Å². The molecule has 0 spiro atoms. The van der Waals surface area contributed by atoms with Crippen molar-refractivity contribution in [3.63, 3.8) is 0 Å². The van der Waals surface area contributed by atoms with Crippen molar-refractivity contribution in [2.75, 3.05) is 0 Å². The highest BCUT2D eigenvalue weighted by molar-refractivity contribution is 7.91. The molecule has 15 heteroatoms. The van der Waals surface area contributed by atoms with E-state index in [1.807, 2.05) is 13.8 Å². The predicted molar refractivity (Wildman–Crippen MR) is 147 cm³/mol. The van der Waals surface area contributed by atoms with Gasteiger partial charge in [-0.1, -0.05) is 26.0 Å². The fourth-order valence-electron chi connectivity index (χ4n) is 5.28. The van der Waals surface area contributed by atoms with Crippen molar-refractivity contribution < 1.29 is 48.7 Å². The molecule has 2 aromatic rings. The monoisotopic (exact) mass is 651 g/mol. The first kappa shape index (κ1) is 33.5. The van der Waals surface area contributed by atoms with Crippen molar-refractivity contribution in [2.24, 2.45) is 5.92 Å². The molecular weight excluding hydrogens is 619 g/mol. The number of aryl methyl sites for hydroxylation is 1. The van der Waals surface area contributed by atoms with Crippen molar-refractivity contribution in [1.82, 2.24) is 14.6 Å². The van der Waals surface area contributed by atoms with E-state index in [1.165, 1.54) is 18.5 Å². The first-order valence-corrected chi connectivity index (χ1v) is 15.6. The van der Waals surface area contributed by atoms with Gasteiger partial charge >= 0.3 is 12.4 Å². The SMILES string of the molecule is CC(C)Cn1ccc(C2=C(C(=O)NS(=O)(=O)C3CC3)C(=O)NC(c3ccc(CCCCC(F)(F)F)cc3F)(C(F)(F)F)C2)c1. The van der Waals surface area contributed by atoms with Crippen LogP contribution in [0.5, 0.6) is 0 Å². The number of hydrogen-bond acceptors (Lipinski definition) is 4. The largest absolute Gasteiger partial charge is 0.416 e. The number of aromatic nitrogens is 1. The van der Waals surface area contributed by atoms with Crippen LogP contribution in [-0.2, 0) is 38.1 Å². The number of amides is 2. The zero-order chi connectivity index (χ0) is 32.7. The summed E-state index contributed by atoms with van der Waals surface area (Å²) < 4.78 is 126. The summed E-state index contributed by atoms with van der Waals surface area (Å²) in [6.07, 6.45) is -8.58. The third-order valence-corrected chi connectivity index (χ3v) is 9.37. The number of unbranched alkanes of at least 4 members (excludes halogenated alkanes) is 1. The normalized spacial score (nSPS) is 19.8. The molecule has 0 radical (unpaired) electrons. The van der Waals surface area contributed by atoms with E-state index in [2.05, 4.69) is 0 Å². The van der Waals surface area contributed by atoms with Gasteiger partial charge < -0.3 is 9.88 Å². The van der Waals surface area contributed by atoms with E-state index in [0.29, 0.717) is 6.54 Å². The zero-order valence-corrected chi connectivity index (χ0v) is 24.7. The first-order valence-electron chi connectivity index (χ1n) is 14.0. The zero-order valence-electron chi connectivity index (χ0n) is 23.9. The number of alkyl halides is 6. The smallest absolute Gasteiger partial charge is 0.353 e. The quantitative estimate of drug-likeness (QED) is 0.180. The molecule has 0 bridgehead atoms. The number of sulfonamides is 1. The lowest BCUT2D eigenvalue weighted by molar-refractivity contribution is -0.202. The summed E-state index contributed by atoms with van der Waals surface area (Å²) in [4.78, 5) is 26.6. The second kappa shape index (κ2) is 12.2. The Labute approximate surface area is 249 Å². The summed E-state index contributed by atoms with van der Waals surface area (Å²) in [5.41, 5.74) is -5.35. The lowest BCUT2D eigenvalue weighted by atomic mass is 9.76. The van der Waals surface area contributed by atoms with Crippen LogP contribution in [0.25, 0.3) is 5.57 Å². The summed E-state index contributed by atoms with van der Waals surface area (Å²) in [5, 5.41) is 0.910. The van der Waals surface area contributed by atoms with Crippen molar-refractivity contribution >= 4 is 27.4 Å². The van der Waals surface area contributed by atoms with Crippen LogP contribution in [0.15, 0.2) is 42.2 Å². The maximum Gasteiger partial charge on any atom is 0.416 e. The maximum absolute atomic E-state index is 15.5. The molecule has 1 aromatic heterocycles. The molecule has 1 unspecified atom stereocenters. The maximum atomic E-state index is 15.5. The molecule has 1 atom stereocenters. The van der Waals surface area contributed by atoms with Gasteiger partial charge in [0.25, 0.3) is 11.8 Å². The summed E-state index contributed by atoms with van der Waals surface area (Å²) in [6.45, 7) is 4.23. The average molecular weight is 652 g/mol. The number of nitrogens with zero attached hydrogens (tertiary/aromatic N) is 1. The van der Waals surface area contributed by atoms with Gasteiger partial charge in [0.2, 0.25) is 10.0 Å². The highest BCUT2D eigenvalue weighted by Crippen LogP contribution is 2.49. The van der Waals surface area contributed by atoms with Gasteiger partial charge in [0, 0.05) is 37.3 Å². The van der Waals surface area contributed by atoms with Gasteiger partial charge in [-0.05, 0) is 66.9 Å². The van der Waals surface area contributed by atoms with E-state index < -0.39 is 80.3 Å². The van der Waals surface area contributed by atoms with Crippen LogP contribution in [0.4, 0.5) is 30.7 Å². The number of hydrogen-bond donors (Lipinski definition) is 2. The fraction of sp³-hybridized carbons (Fsp3) is 0.517. The molecule has 1 saturated carbocycles.